The number of hydrogen-bond acceptors (Lipinski definition) is 2. The van der Waals surface area contributed by atoms with E-state index in [9.17, 15) is 4.79 Å². The Morgan fingerprint density at radius 1 is 1.13 bits per heavy atom. The summed E-state index contributed by atoms with van der Waals surface area (Å²) >= 11 is 6.04. The van der Waals surface area contributed by atoms with Crippen LogP contribution in [0.25, 0.3) is 5.57 Å². The molecule has 2 aromatic rings. The predicted molar refractivity (Wildman–Crippen MR) is 122 cm³/mol. The van der Waals surface area contributed by atoms with Crippen LogP contribution in [-0.2, 0) is 11.2 Å². The molecule has 5 aliphatic rings. The van der Waals surface area contributed by atoms with E-state index in [2.05, 4.69) is 60.8 Å². The van der Waals surface area contributed by atoms with Crippen molar-refractivity contribution < 1.29 is 4.79 Å². The van der Waals surface area contributed by atoms with E-state index in [0.717, 1.165) is 18.8 Å². The van der Waals surface area contributed by atoms with E-state index in [4.69, 9.17) is 11.6 Å². The van der Waals surface area contributed by atoms with Crippen LogP contribution < -0.4 is 5.32 Å². The van der Waals surface area contributed by atoms with Crippen LogP contribution in [0.5, 0.6) is 0 Å². The Morgan fingerprint density at radius 2 is 1.87 bits per heavy atom. The third-order valence-electron chi connectivity index (χ3n) is 7.77. The van der Waals surface area contributed by atoms with E-state index >= 15 is 0 Å². The van der Waals surface area contributed by atoms with E-state index in [1.54, 1.807) is 0 Å². The van der Waals surface area contributed by atoms with Gasteiger partial charge in [-0.25, -0.2) is 0 Å². The van der Waals surface area contributed by atoms with Gasteiger partial charge in [0.1, 0.15) is 5.88 Å². The van der Waals surface area contributed by atoms with Crippen LogP contribution in [-0.4, -0.2) is 28.3 Å². The molecule has 3 nitrogen and oxygen atoms in total. The van der Waals surface area contributed by atoms with Crippen molar-refractivity contribution in [1.82, 2.24) is 4.90 Å². The average Bonchev–Trinajstić information content (AvgIpc) is 3.07. The number of rotatable bonds is 4. The zero-order valence-corrected chi connectivity index (χ0v) is 18.1. The molecule has 0 unspecified atom stereocenters. The largest absolute Gasteiger partial charge is 0.380 e. The molecule has 3 saturated carbocycles. The average molecular weight is 419 g/mol. The molecule has 30 heavy (non-hydrogen) atoms. The van der Waals surface area contributed by atoms with Gasteiger partial charge in [0.05, 0.1) is 6.04 Å². The summed E-state index contributed by atoms with van der Waals surface area (Å²) in [5.74, 6) is 1.01. The van der Waals surface area contributed by atoms with Crippen molar-refractivity contribution in [1.29, 1.82) is 0 Å². The van der Waals surface area contributed by atoms with Crippen molar-refractivity contribution in [2.45, 2.75) is 56.7 Å². The van der Waals surface area contributed by atoms with Gasteiger partial charge in [-0.3, -0.25) is 4.79 Å². The van der Waals surface area contributed by atoms with E-state index < -0.39 is 0 Å². The topological polar surface area (TPSA) is 32.3 Å². The van der Waals surface area contributed by atoms with Crippen molar-refractivity contribution in [3.8, 4) is 0 Å². The van der Waals surface area contributed by atoms with Crippen molar-refractivity contribution in [2.24, 2.45) is 5.92 Å². The van der Waals surface area contributed by atoms with Gasteiger partial charge in [0.15, 0.2) is 0 Å². The van der Waals surface area contributed by atoms with Crippen molar-refractivity contribution in [2.75, 3.05) is 11.2 Å². The van der Waals surface area contributed by atoms with Crippen LogP contribution in [0.2, 0.25) is 0 Å². The van der Waals surface area contributed by atoms with Gasteiger partial charge in [-0.05, 0) is 84.9 Å². The second-order valence-corrected chi connectivity index (χ2v) is 10.0. The second kappa shape index (κ2) is 6.62. The second-order valence-electron chi connectivity index (χ2n) is 9.73. The molecule has 0 radical (unpaired) electrons. The molecule has 2 bridgehead atoms. The molecule has 4 heteroatoms. The molecule has 1 N–H and O–H groups in total. The Bertz CT molecular complexity index is 1040. The predicted octanol–water partition coefficient (Wildman–Crippen LogP) is 5.56. The molecule has 1 heterocycles. The lowest BCUT2D eigenvalue weighted by Gasteiger charge is -2.62. The zero-order chi connectivity index (χ0) is 20.5. The van der Waals surface area contributed by atoms with Crippen molar-refractivity contribution in [3.63, 3.8) is 0 Å². The number of alkyl halides is 1. The van der Waals surface area contributed by atoms with Crippen LogP contribution in [0.4, 0.5) is 5.69 Å². The molecule has 0 spiro atoms. The van der Waals surface area contributed by atoms with Crippen LogP contribution in [0.1, 0.15) is 55.3 Å². The summed E-state index contributed by atoms with van der Waals surface area (Å²) in [7, 11) is 0. The third kappa shape index (κ3) is 2.68. The van der Waals surface area contributed by atoms with Crippen LogP contribution in [0, 0.1) is 5.92 Å². The maximum absolute atomic E-state index is 12.9. The fraction of sp³-hybridized carbons (Fsp3) is 0.423. The molecular formula is C26H27ClN2O. The number of carbonyl (C=O) groups is 1. The summed E-state index contributed by atoms with van der Waals surface area (Å²) in [6.07, 6.45) is 5.78. The summed E-state index contributed by atoms with van der Waals surface area (Å²) in [6.45, 7) is 2.15. The zero-order valence-electron chi connectivity index (χ0n) is 17.3. The van der Waals surface area contributed by atoms with Crippen LogP contribution in [0.15, 0.2) is 54.1 Å². The summed E-state index contributed by atoms with van der Waals surface area (Å²) in [6, 6.07) is 17.6. The van der Waals surface area contributed by atoms with E-state index in [1.807, 2.05) is 4.90 Å². The van der Waals surface area contributed by atoms with E-state index in [-0.39, 0.29) is 23.9 Å². The van der Waals surface area contributed by atoms with Crippen LogP contribution in [0.3, 0.4) is 0 Å². The highest BCUT2D eigenvalue weighted by molar-refractivity contribution is 6.27. The fourth-order valence-electron chi connectivity index (χ4n) is 6.28. The minimum atomic E-state index is -0.0357. The monoisotopic (exact) mass is 418 g/mol. The van der Waals surface area contributed by atoms with E-state index in [1.165, 1.54) is 52.8 Å². The first-order valence-corrected chi connectivity index (χ1v) is 11.7. The van der Waals surface area contributed by atoms with E-state index in [0.29, 0.717) is 5.54 Å². The van der Waals surface area contributed by atoms with Gasteiger partial charge in [-0.2, -0.15) is 0 Å². The summed E-state index contributed by atoms with van der Waals surface area (Å²) in [5, 5.41) is 3.75. The Kier molecular flexibility index (Phi) is 4.08. The molecular weight excluding hydrogens is 392 g/mol. The number of benzene rings is 2. The minimum Gasteiger partial charge on any atom is -0.380 e. The number of carbonyl (C=O) groups excluding carboxylic acids is 1. The summed E-state index contributed by atoms with van der Waals surface area (Å²) in [5.41, 5.74) is 8.29. The molecule has 2 atom stereocenters. The number of nitrogens with one attached hydrogen (secondary N) is 1. The summed E-state index contributed by atoms with van der Waals surface area (Å²) < 4.78 is 0. The Hall–Kier alpha value is -2.26. The molecule has 7 rings (SSSR count). The normalized spacial score (nSPS) is 30.9. The maximum atomic E-state index is 12.9. The Labute approximate surface area is 183 Å². The smallest absolute Gasteiger partial charge is 0.238 e. The molecule has 154 valence electrons. The van der Waals surface area contributed by atoms with Gasteiger partial charge in [0.25, 0.3) is 0 Å². The van der Waals surface area contributed by atoms with Gasteiger partial charge in [-0.1, -0.05) is 36.4 Å². The van der Waals surface area contributed by atoms with Gasteiger partial charge in [0.2, 0.25) is 5.91 Å². The lowest BCUT2D eigenvalue weighted by molar-refractivity contribution is -0.132. The lowest BCUT2D eigenvalue weighted by Crippen LogP contribution is -2.63. The number of amides is 1. The first-order chi connectivity index (χ1) is 14.6. The van der Waals surface area contributed by atoms with Crippen molar-refractivity contribution in [3.05, 3.63) is 70.8 Å². The fourth-order valence-corrected chi connectivity index (χ4v) is 6.42. The van der Waals surface area contributed by atoms with Gasteiger partial charge < -0.3 is 10.2 Å². The number of fused-ring (bicyclic) bond motifs is 2. The Balaban J connectivity index is 1.37. The highest BCUT2D eigenvalue weighted by Gasteiger charge is 2.56. The third-order valence-corrected chi connectivity index (χ3v) is 8.00. The number of nitrogens with zero attached hydrogens (tertiary/aromatic N) is 1. The van der Waals surface area contributed by atoms with Gasteiger partial charge in [0, 0.05) is 17.3 Å². The summed E-state index contributed by atoms with van der Waals surface area (Å²) in [4.78, 5) is 14.9. The standard InChI is InChI=1S/C26H27ClN2O/c1-16-10-22-21-5-3-2-4-19(21)11-23(22)25(29(16)24(30)15-27)18-6-8-20(9-7-18)28-26-12-17(13-26)14-26/h2-9,16-17,25,28H,10-15H2,1H3/t16-,17?,25-,26?/m0/s1. The number of anilines is 1. The molecule has 3 fully saturated rings. The highest BCUT2D eigenvalue weighted by atomic mass is 35.5. The molecule has 4 aliphatic carbocycles. The quantitative estimate of drug-likeness (QED) is 0.659. The molecule has 0 aromatic heterocycles. The van der Waals surface area contributed by atoms with Gasteiger partial charge >= 0.3 is 0 Å². The molecule has 1 amide bonds. The first kappa shape index (κ1) is 18.5. The molecule has 2 aromatic carbocycles. The van der Waals surface area contributed by atoms with Crippen molar-refractivity contribution >= 4 is 28.8 Å². The van der Waals surface area contributed by atoms with Crippen LogP contribution >= 0.6 is 11.6 Å². The molecule has 1 aliphatic heterocycles. The first-order valence-electron chi connectivity index (χ1n) is 11.1. The molecule has 0 saturated heterocycles. The minimum absolute atomic E-state index is 0.0211. The number of halogens is 1. The SMILES string of the molecule is C[C@H]1CC2=C(Cc3ccccc32)[C@H](c2ccc(NC34CC(C3)C4)cc2)N1C(=O)CCl. The lowest BCUT2D eigenvalue weighted by atomic mass is 9.50. The highest BCUT2D eigenvalue weighted by Crippen LogP contribution is 2.58. The Morgan fingerprint density at radius 3 is 2.53 bits per heavy atom. The number of hydrogen-bond donors (Lipinski definition) is 1. The van der Waals surface area contributed by atoms with Gasteiger partial charge in [-0.15, -0.1) is 11.6 Å². The maximum Gasteiger partial charge on any atom is 0.238 e.